The first-order chi connectivity index (χ1) is 6.84. The van der Waals surface area contributed by atoms with Crippen molar-refractivity contribution < 1.29 is 4.74 Å². The summed E-state index contributed by atoms with van der Waals surface area (Å²) in [6.45, 7) is 3.25. The molecule has 0 heterocycles. The highest BCUT2D eigenvalue weighted by molar-refractivity contribution is 14.1. The van der Waals surface area contributed by atoms with Crippen LogP contribution in [0.25, 0.3) is 0 Å². The fourth-order valence-corrected chi connectivity index (χ4v) is 3.02. The molecular weight excluding hydrogens is 287 g/mol. The molecule has 1 saturated carbocycles. The fourth-order valence-electron chi connectivity index (χ4n) is 2.01. The van der Waals surface area contributed by atoms with Crippen LogP contribution < -0.4 is 0 Å². The monoisotopic (exact) mass is 310 g/mol. The Kier molecular flexibility index (Phi) is 7.21. The van der Waals surface area contributed by atoms with Gasteiger partial charge in [-0.05, 0) is 25.7 Å². The summed E-state index contributed by atoms with van der Waals surface area (Å²) in [7, 11) is 0. The van der Waals surface area contributed by atoms with Crippen molar-refractivity contribution in [3.63, 3.8) is 0 Å². The Labute approximate surface area is 102 Å². The number of unbranched alkanes of at least 4 members (excludes halogenated alkanes) is 4. The van der Waals surface area contributed by atoms with Crippen LogP contribution in [-0.2, 0) is 4.74 Å². The minimum atomic E-state index is 0.571. The molecule has 0 aromatic heterocycles. The van der Waals surface area contributed by atoms with Gasteiger partial charge in [-0.1, -0.05) is 55.2 Å². The van der Waals surface area contributed by atoms with Gasteiger partial charge >= 0.3 is 0 Å². The van der Waals surface area contributed by atoms with Crippen LogP contribution in [-0.4, -0.2) is 16.6 Å². The number of halogens is 1. The smallest absolute Gasteiger partial charge is 0.0692 e. The zero-order chi connectivity index (χ0) is 10.2. The van der Waals surface area contributed by atoms with Crippen molar-refractivity contribution in [1.29, 1.82) is 0 Å². The van der Waals surface area contributed by atoms with Crippen molar-refractivity contribution in [2.24, 2.45) is 0 Å². The molecule has 1 rings (SSSR count). The van der Waals surface area contributed by atoms with Crippen molar-refractivity contribution in [1.82, 2.24) is 0 Å². The summed E-state index contributed by atoms with van der Waals surface area (Å²) in [5.74, 6) is 0. The maximum Gasteiger partial charge on any atom is 0.0692 e. The lowest BCUT2D eigenvalue weighted by molar-refractivity contribution is 0.0613. The molecule has 0 saturated heterocycles. The summed E-state index contributed by atoms with van der Waals surface area (Å²) < 4.78 is 6.67. The first-order valence-corrected chi connectivity index (χ1v) is 7.35. The van der Waals surface area contributed by atoms with E-state index in [0.29, 0.717) is 6.10 Å². The van der Waals surface area contributed by atoms with Crippen LogP contribution in [0.1, 0.15) is 58.3 Å². The maximum atomic E-state index is 5.89. The van der Waals surface area contributed by atoms with E-state index in [-0.39, 0.29) is 0 Å². The third kappa shape index (κ3) is 4.96. The zero-order valence-corrected chi connectivity index (χ0v) is 11.5. The Balaban J connectivity index is 1.88. The Morgan fingerprint density at radius 2 is 1.93 bits per heavy atom. The predicted molar refractivity (Wildman–Crippen MR) is 70.2 cm³/mol. The summed E-state index contributed by atoms with van der Waals surface area (Å²) in [6, 6.07) is 0. The van der Waals surface area contributed by atoms with Gasteiger partial charge in [-0.25, -0.2) is 0 Å². The average molecular weight is 310 g/mol. The van der Waals surface area contributed by atoms with E-state index in [9.17, 15) is 0 Å². The van der Waals surface area contributed by atoms with Gasteiger partial charge in [0.25, 0.3) is 0 Å². The van der Waals surface area contributed by atoms with E-state index in [1.165, 1.54) is 51.4 Å². The lowest BCUT2D eigenvalue weighted by Crippen LogP contribution is -2.18. The molecule has 0 bridgehead atoms. The second-order valence-corrected chi connectivity index (χ2v) is 5.87. The first-order valence-electron chi connectivity index (χ1n) is 6.10. The molecule has 1 aliphatic rings. The number of hydrogen-bond donors (Lipinski definition) is 0. The molecule has 84 valence electrons. The third-order valence-corrected chi connectivity index (χ3v) is 4.38. The lowest BCUT2D eigenvalue weighted by Gasteiger charge is -2.14. The molecule has 0 aliphatic heterocycles. The molecule has 2 heteroatoms. The SMILES string of the molecule is CCCCCCCOC1CCCC1I. The molecule has 1 nitrogen and oxygen atoms in total. The minimum absolute atomic E-state index is 0.571. The van der Waals surface area contributed by atoms with Crippen molar-refractivity contribution in [3.05, 3.63) is 0 Å². The largest absolute Gasteiger partial charge is 0.377 e. The van der Waals surface area contributed by atoms with Crippen molar-refractivity contribution in [2.45, 2.75) is 68.3 Å². The Morgan fingerprint density at radius 1 is 1.14 bits per heavy atom. The summed E-state index contributed by atoms with van der Waals surface area (Å²) in [5.41, 5.74) is 0. The van der Waals surface area contributed by atoms with Gasteiger partial charge in [-0.2, -0.15) is 0 Å². The molecule has 0 aromatic rings. The lowest BCUT2D eigenvalue weighted by atomic mass is 10.2. The number of rotatable bonds is 7. The van der Waals surface area contributed by atoms with Crippen LogP contribution in [0.5, 0.6) is 0 Å². The molecule has 2 unspecified atom stereocenters. The standard InChI is InChI=1S/C12H23IO/c1-2-3-4-5-6-10-14-12-9-7-8-11(12)13/h11-12H,2-10H2,1H3. The van der Waals surface area contributed by atoms with E-state index in [4.69, 9.17) is 4.74 Å². The molecule has 0 aromatic carbocycles. The first kappa shape index (κ1) is 12.8. The van der Waals surface area contributed by atoms with E-state index >= 15 is 0 Å². The summed E-state index contributed by atoms with van der Waals surface area (Å²) in [6.07, 6.45) is 11.3. The average Bonchev–Trinajstić information content (AvgIpc) is 2.58. The Morgan fingerprint density at radius 3 is 2.57 bits per heavy atom. The molecular formula is C12H23IO. The highest BCUT2D eigenvalue weighted by Crippen LogP contribution is 2.28. The second kappa shape index (κ2) is 7.91. The van der Waals surface area contributed by atoms with Crippen LogP contribution in [0.15, 0.2) is 0 Å². The van der Waals surface area contributed by atoms with Gasteiger partial charge in [0.2, 0.25) is 0 Å². The quantitative estimate of drug-likeness (QED) is 0.386. The molecule has 0 spiro atoms. The van der Waals surface area contributed by atoms with Gasteiger partial charge in [0.15, 0.2) is 0 Å². The highest BCUT2D eigenvalue weighted by Gasteiger charge is 2.24. The topological polar surface area (TPSA) is 9.23 Å². The van der Waals surface area contributed by atoms with Crippen LogP contribution in [0, 0.1) is 0 Å². The van der Waals surface area contributed by atoms with Crippen LogP contribution in [0.3, 0.4) is 0 Å². The molecule has 2 atom stereocenters. The van der Waals surface area contributed by atoms with E-state index in [0.717, 1.165) is 10.5 Å². The maximum absolute atomic E-state index is 5.89. The molecule has 0 amide bonds. The molecule has 1 fully saturated rings. The predicted octanol–water partition coefficient (Wildman–Crippen LogP) is 4.33. The summed E-state index contributed by atoms with van der Waals surface area (Å²) in [5, 5.41) is 0. The number of hydrogen-bond acceptors (Lipinski definition) is 1. The molecule has 0 radical (unpaired) electrons. The van der Waals surface area contributed by atoms with Gasteiger partial charge in [0.1, 0.15) is 0 Å². The Bertz CT molecular complexity index is 138. The Hall–Kier alpha value is 0.690. The van der Waals surface area contributed by atoms with Crippen LogP contribution >= 0.6 is 22.6 Å². The number of ether oxygens (including phenoxy) is 1. The number of alkyl halides is 1. The van der Waals surface area contributed by atoms with Crippen molar-refractivity contribution in [2.75, 3.05) is 6.61 Å². The van der Waals surface area contributed by atoms with E-state index in [2.05, 4.69) is 29.5 Å². The minimum Gasteiger partial charge on any atom is -0.377 e. The van der Waals surface area contributed by atoms with E-state index in [1.807, 2.05) is 0 Å². The van der Waals surface area contributed by atoms with E-state index < -0.39 is 0 Å². The van der Waals surface area contributed by atoms with Gasteiger partial charge in [0, 0.05) is 10.5 Å². The third-order valence-electron chi connectivity index (χ3n) is 2.95. The second-order valence-electron chi connectivity index (χ2n) is 4.27. The normalized spacial score (nSPS) is 27.0. The van der Waals surface area contributed by atoms with E-state index in [1.54, 1.807) is 0 Å². The van der Waals surface area contributed by atoms with Gasteiger partial charge in [-0.3, -0.25) is 0 Å². The molecule has 0 N–H and O–H groups in total. The summed E-state index contributed by atoms with van der Waals surface area (Å²) >= 11 is 2.54. The highest BCUT2D eigenvalue weighted by atomic mass is 127. The van der Waals surface area contributed by atoms with Crippen LogP contribution in [0.2, 0.25) is 0 Å². The van der Waals surface area contributed by atoms with Crippen molar-refractivity contribution in [3.8, 4) is 0 Å². The van der Waals surface area contributed by atoms with Gasteiger partial charge in [0.05, 0.1) is 6.10 Å². The van der Waals surface area contributed by atoms with Crippen LogP contribution in [0.4, 0.5) is 0 Å². The summed E-state index contributed by atoms with van der Waals surface area (Å²) in [4.78, 5) is 0. The van der Waals surface area contributed by atoms with Gasteiger partial charge < -0.3 is 4.74 Å². The van der Waals surface area contributed by atoms with Gasteiger partial charge in [-0.15, -0.1) is 0 Å². The molecule has 14 heavy (non-hydrogen) atoms. The fraction of sp³-hybridized carbons (Fsp3) is 1.00. The van der Waals surface area contributed by atoms with Crippen molar-refractivity contribution >= 4 is 22.6 Å². The molecule has 1 aliphatic carbocycles. The zero-order valence-electron chi connectivity index (χ0n) is 9.30.